The Labute approximate surface area is 125 Å². The summed E-state index contributed by atoms with van der Waals surface area (Å²) in [6.07, 6.45) is 2.63. The van der Waals surface area contributed by atoms with Crippen LogP contribution in [0.15, 0.2) is 0 Å². The summed E-state index contributed by atoms with van der Waals surface area (Å²) in [5.41, 5.74) is 0.356. The highest BCUT2D eigenvalue weighted by molar-refractivity contribution is 4.87. The van der Waals surface area contributed by atoms with Crippen molar-refractivity contribution >= 4 is 0 Å². The second-order valence-corrected chi connectivity index (χ2v) is 6.81. The Morgan fingerprint density at radius 1 is 1.20 bits per heavy atom. The van der Waals surface area contributed by atoms with E-state index in [-0.39, 0.29) is 0 Å². The second-order valence-electron chi connectivity index (χ2n) is 6.81. The molecule has 1 aliphatic heterocycles. The molecule has 1 rings (SSSR count). The van der Waals surface area contributed by atoms with Gasteiger partial charge < -0.3 is 19.7 Å². The van der Waals surface area contributed by atoms with E-state index < -0.39 is 0 Å². The Hall–Kier alpha value is -0.160. The second kappa shape index (κ2) is 8.98. The average molecular weight is 286 g/mol. The topological polar surface area (TPSA) is 33.7 Å². The van der Waals surface area contributed by atoms with E-state index in [4.69, 9.17) is 9.47 Å². The molecule has 1 heterocycles. The van der Waals surface area contributed by atoms with Crippen LogP contribution in [0.5, 0.6) is 0 Å². The van der Waals surface area contributed by atoms with Crippen LogP contribution in [0.4, 0.5) is 0 Å². The van der Waals surface area contributed by atoms with Crippen molar-refractivity contribution in [2.45, 2.75) is 52.7 Å². The number of ether oxygens (including phenoxy) is 2. The van der Waals surface area contributed by atoms with Crippen molar-refractivity contribution in [3.05, 3.63) is 0 Å². The Morgan fingerprint density at radius 2 is 1.85 bits per heavy atom. The van der Waals surface area contributed by atoms with Gasteiger partial charge in [0, 0.05) is 38.9 Å². The normalized spacial score (nSPS) is 19.2. The van der Waals surface area contributed by atoms with Gasteiger partial charge in [0.25, 0.3) is 0 Å². The van der Waals surface area contributed by atoms with Crippen molar-refractivity contribution in [2.75, 3.05) is 46.5 Å². The zero-order valence-corrected chi connectivity index (χ0v) is 14.1. The van der Waals surface area contributed by atoms with Crippen molar-refractivity contribution in [3.63, 3.8) is 0 Å². The molecule has 1 aliphatic rings. The van der Waals surface area contributed by atoms with Gasteiger partial charge in [0.2, 0.25) is 0 Å². The third-order valence-corrected chi connectivity index (χ3v) is 3.97. The molecule has 0 aromatic heterocycles. The molecule has 1 N–H and O–H groups in total. The lowest BCUT2D eigenvalue weighted by atomic mass is 9.79. The van der Waals surface area contributed by atoms with Gasteiger partial charge in [-0.3, -0.25) is 0 Å². The van der Waals surface area contributed by atoms with E-state index in [1.807, 2.05) is 0 Å². The van der Waals surface area contributed by atoms with E-state index in [0.717, 1.165) is 52.3 Å². The van der Waals surface area contributed by atoms with Gasteiger partial charge in [0.05, 0.1) is 12.7 Å². The van der Waals surface area contributed by atoms with Crippen LogP contribution in [0.3, 0.4) is 0 Å². The van der Waals surface area contributed by atoms with Crippen molar-refractivity contribution in [1.82, 2.24) is 10.2 Å². The Bertz CT molecular complexity index is 251. The molecule has 0 bridgehead atoms. The smallest absolute Gasteiger partial charge is 0.0596 e. The average Bonchev–Trinajstić information content (AvgIpc) is 2.37. The van der Waals surface area contributed by atoms with Gasteiger partial charge >= 0.3 is 0 Å². The highest BCUT2D eigenvalue weighted by atomic mass is 16.5. The van der Waals surface area contributed by atoms with Crippen LogP contribution in [-0.2, 0) is 9.47 Å². The number of hydrogen-bond donors (Lipinski definition) is 1. The quantitative estimate of drug-likeness (QED) is 0.704. The Morgan fingerprint density at radius 3 is 2.40 bits per heavy atom. The van der Waals surface area contributed by atoms with Crippen LogP contribution in [0, 0.1) is 5.41 Å². The SMILES string of the molecule is CC(C)NCC1(CN(C)CCOC(C)C)CCOCC1. The fourth-order valence-corrected chi connectivity index (χ4v) is 2.71. The van der Waals surface area contributed by atoms with Crippen LogP contribution in [0.25, 0.3) is 0 Å². The molecule has 1 saturated heterocycles. The van der Waals surface area contributed by atoms with Gasteiger partial charge in [-0.05, 0) is 39.2 Å². The molecule has 20 heavy (non-hydrogen) atoms. The number of nitrogens with one attached hydrogen (secondary N) is 1. The molecular weight excluding hydrogens is 252 g/mol. The molecule has 0 aliphatic carbocycles. The highest BCUT2D eigenvalue weighted by Crippen LogP contribution is 2.30. The van der Waals surface area contributed by atoms with E-state index in [9.17, 15) is 0 Å². The fraction of sp³-hybridized carbons (Fsp3) is 1.00. The summed E-state index contributed by atoms with van der Waals surface area (Å²) in [5.74, 6) is 0. The lowest BCUT2D eigenvalue weighted by molar-refractivity contribution is -0.00790. The van der Waals surface area contributed by atoms with Gasteiger partial charge in [-0.1, -0.05) is 13.8 Å². The summed E-state index contributed by atoms with van der Waals surface area (Å²) in [4.78, 5) is 2.41. The summed E-state index contributed by atoms with van der Waals surface area (Å²) in [6.45, 7) is 14.4. The van der Waals surface area contributed by atoms with Crippen LogP contribution in [0.1, 0.15) is 40.5 Å². The zero-order chi connectivity index (χ0) is 15.0. The third-order valence-electron chi connectivity index (χ3n) is 3.97. The van der Waals surface area contributed by atoms with E-state index in [0.29, 0.717) is 17.6 Å². The molecule has 4 heteroatoms. The minimum absolute atomic E-state index is 0.322. The first-order chi connectivity index (χ1) is 9.43. The van der Waals surface area contributed by atoms with Crippen LogP contribution in [-0.4, -0.2) is 63.5 Å². The van der Waals surface area contributed by atoms with Crippen molar-refractivity contribution < 1.29 is 9.47 Å². The number of likely N-dealkylation sites (N-methyl/N-ethyl adjacent to an activating group) is 1. The minimum atomic E-state index is 0.322. The summed E-state index contributed by atoms with van der Waals surface area (Å²) in [7, 11) is 2.20. The molecule has 0 atom stereocenters. The largest absolute Gasteiger partial charge is 0.381 e. The zero-order valence-electron chi connectivity index (χ0n) is 14.1. The third kappa shape index (κ3) is 7.02. The molecule has 0 radical (unpaired) electrons. The van der Waals surface area contributed by atoms with Crippen LogP contribution < -0.4 is 5.32 Å². The highest BCUT2D eigenvalue weighted by Gasteiger charge is 2.33. The van der Waals surface area contributed by atoms with Crippen LogP contribution in [0.2, 0.25) is 0 Å². The number of nitrogens with zero attached hydrogens (tertiary/aromatic N) is 1. The van der Waals surface area contributed by atoms with E-state index in [2.05, 4.69) is 45.0 Å². The van der Waals surface area contributed by atoms with E-state index in [1.165, 1.54) is 0 Å². The summed E-state index contributed by atoms with van der Waals surface area (Å²) < 4.78 is 11.2. The Balaban J connectivity index is 2.42. The predicted octanol–water partition coefficient (Wildman–Crippen LogP) is 2.14. The van der Waals surface area contributed by atoms with E-state index in [1.54, 1.807) is 0 Å². The van der Waals surface area contributed by atoms with Crippen molar-refractivity contribution in [1.29, 1.82) is 0 Å². The molecular formula is C16H34N2O2. The molecule has 0 spiro atoms. The molecule has 0 saturated carbocycles. The summed E-state index contributed by atoms with van der Waals surface area (Å²) in [5, 5.41) is 3.62. The number of rotatable bonds is 9. The molecule has 0 unspecified atom stereocenters. The number of hydrogen-bond acceptors (Lipinski definition) is 4. The van der Waals surface area contributed by atoms with Crippen LogP contribution >= 0.6 is 0 Å². The predicted molar refractivity (Wildman–Crippen MR) is 84.2 cm³/mol. The molecule has 0 aromatic rings. The van der Waals surface area contributed by atoms with Gasteiger partial charge in [-0.25, -0.2) is 0 Å². The molecule has 0 aromatic carbocycles. The first-order valence-electron chi connectivity index (χ1n) is 8.05. The first kappa shape index (κ1) is 17.9. The maximum atomic E-state index is 5.65. The summed E-state index contributed by atoms with van der Waals surface area (Å²) in [6, 6.07) is 0.546. The first-order valence-corrected chi connectivity index (χ1v) is 8.05. The maximum Gasteiger partial charge on any atom is 0.0596 e. The summed E-state index contributed by atoms with van der Waals surface area (Å²) >= 11 is 0. The van der Waals surface area contributed by atoms with Gasteiger partial charge in [0.15, 0.2) is 0 Å². The molecule has 120 valence electrons. The van der Waals surface area contributed by atoms with Gasteiger partial charge in [0.1, 0.15) is 0 Å². The standard InChI is InChI=1S/C16H34N2O2/c1-14(2)17-12-16(6-9-19-10-7-16)13-18(5)8-11-20-15(3)4/h14-15,17H,6-13H2,1-5H3. The minimum Gasteiger partial charge on any atom is -0.381 e. The van der Waals surface area contributed by atoms with E-state index >= 15 is 0 Å². The van der Waals surface area contributed by atoms with Crippen molar-refractivity contribution in [2.24, 2.45) is 5.41 Å². The fourth-order valence-electron chi connectivity index (χ4n) is 2.71. The molecule has 0 amide bonds. The lowest BCUT2D eigenvalue weighted by Gasteiger charge is -2.40. The Kier molecular flexibility index (Phi) is 8.03. The van der Waals surface area contributed by atoms with Gasteiger partial charge in [-0.15, -0.1) is 0 Å². The maximum absolute atomic E-state index is 5.65. The van der Waals surface area contributed by atoms with Gasteiger partial charge in [-0.2, -0.15) is 0 Å². The monoisotopic (exact) mass is 286 g/mol. The molecule has 1 fully saturated rings. The lowest BCUT2D eigenvalue weighted by Crippen LogP contribution is -2.48. The van der Waals surface area contributed by atoms with Crippen molar-refractivity contribution in [3.8, 4) is 0 Å². The molecule has 4 nitrogen and oxygen atoms in total.